The van der Waals surface area contributed by atoms with E-state index in [4.69, 9.17) is 0 Å². The summed E-state index contributed by atoms with van der Waals surface area (Å²) in [6, 6.07) is 7.25. The molecule has 118 valence electrons. The second-order valence-electron chi connectivity index (χ2n) is 5.43. The number of hydrogen-bond acceptors (Lipinski definition) is 4. The average Bonchev–Trinajstić information content (AvgIpc) is 3.09. The fourth-order valence-corrected chi connectivity index (χ4v) is 2.33. The molecule has 0 fully saturated rings. The molecule has 0 unspecified atom stereocenters. The highest BCUT2D eigenvalue weighted by Crippen LogP contribution is 2.12. The molecule has 22 heavy (non-hydrogen) atoms. The molecule has 2 rings (SSSR count). The third-order valence-corrected chi connectivity index (χ3v) is 3.84. The zero-order chi connectivity index (χ0) is 15.8. The third-order valence-electron chi connectivity index (χ3n) is 3.84. The number of carbonyl (C=O) groups excluding carboxylic acids is 1. The topological polar surface area (TPSA) is 72.7 Å². The van der Waals surface area contributed by atoms with Crippen LogP contribution >= 0.6 is 0 Å². The lowest BCUT2D eigenvalue weighted by Crippen LogP contribution is -2.29. The molecule has 0 saturated heterocycles. The molecule has 6 heteroatoms. The minimum absolute atomic E-state index is 0.0294. The number of hydrogen-bond donors (Lipinski definition) is 1. The van der Waals surface area contributed by atoms with Gasteiger partial charge in [-0.3, -0.25) is 4.79 Å². The number of rotatable bonds is 8. The van der Waals surface area contributed by atoms with E-state index in [1.54, 1.807) is 16.8 Å². The van der Waals surface area contributed by atoms with Gasteiger partial charge in [0.05, 0.1) is 5.69 Å². The molecule has 0 saturated carbocycles. The molecule has 0 bridgehead atoms. The van der Waals surface area contributed by atoms with E-state index in [1.807, 2.05) is 12.1 Å². The number of nitrogens with one attached hydrogen (secondary N) is 1. The summed E-state index contributed by atoms with van der Waals surface area (Å²) < 4.78 is 1.56. The molecule has 6 nitrogen and oxygen atoms in total. The lowest BCUT2D eigenvalue weighted by Gasteiger charge is -2.15. The largest absolute Gasteiger partial charge is 0.352 e. The average molecular weight is 301 g/mol. The van der Waals surface area contributed by atoms with Gasteiger partial charge in [-0.25, -0.2) is 4.68 Å². The summed E-state index contributed by atoms with van der Waals surface area (Å²) in [5, 5.41) is 14.0. The van der Waals surface area contributed by atoms with Crippen molar-refractivity contribution >= 4 is 5.91 Å². The summed E-state index contributed by atoms with van der Waals surface area (Å²) in [7, 11) is 0. The number of nitrogens with zero attached hydrogens (tertiary/aromatic N) is 4. The Hall–Kier alpha value is -2.24. The highest BCUT2D eigenvalue weighted by Gasteiger charge is 2.10. The second kappa shape index (κ2) is 8.26. The van der Waals surface area contributed by atoms with Crippen molar-refractivity contribution in [3.8, 4) is 5.69 Å². The summed E-state index contributed by atoms with van der Waals surface area (Å²) in [4.78, 5) is 12.2. The van der Waals surface area contributed by atoms with Crippen LogP contribution in [0.4, 0.5) is 0 Å². The van der Waals surface area contributed by atoms with Gasteiger partial charge in [-0.1, -0.05) is 33.1 Å². The van der Waals surface area contributed by atoms with Gasteiger partial charge in [0.15, 0.2) is 0 Å². The van der Waals surface area contributed by atoms with Crippen molar-refractivity contribution in [1.82, 2.24) is 25.5 Å². The van der Waals surface area contributed by atoms with Crippen LogP contribution in [-0.2, 0) is 0 Å². The van der Waals surface area contributed by atoms with Crippen molar-refractivity contribution in [3.05, 3.63) is 36.2 Å². The van der Waals surface area contributed by atoms with E-state index in [0.29, 0.717) is 11.5 Å². The van der Waals surface area contributed by atoms with Crippen molar-refractivity contribution in [2.45, 2.75) is 39.5 Å². The lowest BCUT2D eigenvalue weighted by atomic mass is 9.99. The molecule has 1 aromatic carbocycles. The van der Waals surface area contributed by atoms with Gasteiger partial charge in [-0.2, -0.15) is 0 Å². The minimum atomic E-state index is -0.0294. The molecule has 1 amide bonds. The number of tetrazole rings is 1. The van der Waals surface area contributed by atoms with E-state index >= 15 is 0 Å². The Morgan fingerprint density at radius 3 is 2.64 bits per heavy atom. The Balaban J connectivity index is 1.89. The van der Waals surface area contributed by atoms with Crippen LogP contribution in [0, 0.1) is 5.92 Å². The van der Waals surface area contributed by atoms with Crippen LogP contribution in [0.15, 0.2) is 30.6 Å². The van der Waals surface area contributed by atoms with E-state index in [-0.39, 0.29) is 5.91 Å². The highest BCUT2D eigenvalue weighted by atomic mass is 16.1. The van der Waals surface area contributed by atoms with Crippen LogP contribution < -0.4 is 5.32 Å². The standard InChI is InChI=1S/C16H23N5O/c1-3-5-6-13(4-2)11-17-16(22)14-7-9-15(10-8-14)21-12-18-19-20-21/h7-10,12-13H,3-6,11H2,1-2H3,(H,17,22)/t13-/m1/s1. The monoisotopic (exact) mass is 301 g/mol. The first-order valence-electron chi connectivity index (χ1n) is 7.86. The third kappa shape index (κ3) is 4.38. The minimum Gasteiger partial charge on any atom is -0.352 e. The van der Waals surface area contributed by atoms with Crippen LogP contribution in [0.3, 0.4) is 0 Å². The van der Waals surface area contributed by atoms with Crippen LogP contribution in [0.25, 0.3) is 5.69 Å². The maximum absolute atomic E-state index is 12.2. The van der Waals surface area contributed by atoms with Gasteiger partial charge in [0, 0.05) is 12.1 Å². The Kier molecular flexibility index (Phi) is 6.06. The number of carbonyl (C=O) groups is 1. The molecule has 0 aliphatic carbocycles. The van der Waals surface area contributed by atoms with E-state index in [0.717, 1.165) is 18.7 Å². The molecule has 1 N–H and O–H groups in total. The van der Waals surface area contributed by atoms with Crippen molar-refractivity contribution < 1.29 is 4.79 Å². The SMILES string of the molecule is CCCC[C@@H](CC)CNC(=O)c1ccc(-n2cnnn2)cc1. The summed E-state index contributed by atoms with van der Waals surface area (Å²) in [5.74, 6) is 0.530. The fraction of sp³-hybridized carbons (Fsp3) is 0.500. The molecular weight excluding hydrogens is 278 g/mol. The Bertz CT molecular complexity index is 565. The van der Waals surface area contributed by atoms with Crippen LogP contribution in [0.1, 0.15) is 49.9 Å². The Morgan fingerprint density at radius 2 is 2.05 bits per heavy atom. The van der Waals surface area contributed by atoms with E-state index in [2.05, 4.69) is 34.7 Å². The van der Waals surface area contributed by atoms with Gasteiger partial charge in [0.1, 0.15) is 6.33 Å². The second-order valence-corrected chi connectivity index (χ2v) is 5.43. The first kappa shape index (κ1) is 16.1. The lowest BCUT2D eigenvalue weighted by molar-refractivity contribution is 0.0946. The quantitative estimate of drug-likeness (QED) is 0.813. The van der Waals surface area contributed by atoms with Crippen LogP contribution in [-0.4, -0.2) is 32.7 Å². The summed E-state index contributed by atoms with van der Waals surface area (Å²) in [6.07, 6.45) is 6.21. The number of unbranched alkanes of at least 4 members (excludes halogenated alkanes) is 1. The van der Waals surface area contributed by atoms with Gasteiger partial charge in [-0.05, 0) is 47.0 Å². The van der Waals surface area contributed by atoms with E-state index in [1.165, 1.54) is 25.6 Å². The van der Waals surface area contributed by atoms with Gasteiger partial charge in [0.2, 0.25) is 0 Å². The zero-order valence-corrected chi connectivity index (χ0v) is 13.2. The molecule has 1 aromatic heterocycles. The van der Waals surface area contributed by atoms with Gasteiger partial charge >= 0.3 is 0 Å². The van der Waals surface area contributed by atoms with E-state index in [9.17, 15) is 4.79 Å². The predicted octanol–water partition coefficient (Wildman–Crippen LogP) is 2.61. The van der Waals surface area contributed by atoms with Crippen LogP contribution in [0.5, 0.6) is 0 Å². The summed E-state index contributed by atoms with van der Waals surface area (Å²) in [5.41, 5.74) is 1.48. The Morgan fingerprint density at radius 1 is 1.27 bits per heavy atom. The molecule has 1 heterocycles. The number of amides is 1. The van der Waals surface area contributed by atoms with Crippen molar-refractivity contribution in [3.63, 3.8) is 0 Å². The summed E-state index contributed by atoms with van der Waals surface area (Å²) in [6.45, 7) is 5.11. The van der Waals surface area contributed by atoms with Gasteiger partial charge in [-0.15, -0.1) is 5.10 Å². The zero-order valence-electron chi connectivity index (χ0n) is 13.2. The maximum Gasteiger partial charge on any atom is 0.251 e. The molecule has 0 radical (unpaired) electrons. The molecule has 0 spiro atoms. The van der Waals surface area contributed by atoms with Crippen molar-refractivity contribution in [2.24, 2.45) is 5.92 Å². The van der Waals surface area contributed by atoms with Gasteiger partial charge < -0.3 is 5.32 Å². The fourth-order valence-electron chi connectivity index (χ4n) is 2.33. The first-order chi connectivity index (χ1) is 10.7. The normalized spacial score (nSPS) is 12.1. The number of benzene rings is 1. The highest BCUT2D eigenvalue weighted by molar-refractivity contribution is 5.94. The number of aromatic nitrogens is 4. The van der Waals surface area contributed by atoms with Crippen molar-refractivity contribution in [1.29, 1.82) is 0 Å². The molecule has 1 atom stereocenters. The van der Waals surface area contributed by atoms with Crippen molar-refractivity contribution in [2.75, 3.05) is 6.54 Å². The van der Waals surface area contributed by atoms with E-state index < -0.39 is 0 Å². The molecule has 0 aliphatic rings. The maximum atomic E-state index is 12.2. The predicted molar refractivity (Wildman–Crippen MR) is 84.8 cm³/mol. The van der Waals surface area contributed by atoms with Crippen LogP contribution in [0.2, 0.25) is 0 Å². The molecule has 2 aromatic rings. The van der Waals surface area contributed by atoms with Gasteiger partial charge in [0.25, 0.3) is 5.91 Å². The smallest absolute Gasteiger partial charge is 0.251 e. The first-order valence-corrected chi connectivity index (χ1v) is 7.86. The Labute approximate surface area is 130 Å². The molecular formula is C16H23N5O. The molecule has 0 aliphatic heterocycles. The summed E-state index contributed by atoms with van der Waals surface area (Å²) >= 11 is 0.